The third kappa shape index (κ3) is 46.5. The van der Waals surface area contributed by atoms with Crippen LogP contribution in [0.1, 0.15) is 39.5 Å². The molecule has 0 aromatic rings. The Bertz CT molecular complexity index is 609. The van der Waals surface area contributed by atoms with Crippen molar-refractivity contribution in [1.82, 2.24) is 0 Å². The molecule has 0 spiro atoms. The number of hydrogen-bond acceptors (Lipinski definition) is 12. The first-order chi connectivity index (χ1) is 15.5. The van der Waals surface area contributed by atoms with Gasteiger partial charge < -0.3 is 39.4 Å². The molecule has 0 amide bonds. The van der Waals surface area contributed by atoms with Gasteiger partial charge in [-0.2, -0.15) is 0 Å². The molecule has 0 aromatic heterocycles. The Morgan fingerprint density at radius 3 is 1.23 bits per heavy atom. The Hall–Kier alpha value is 2.27. The van der Waals surface area contributed by atoms with Crippen LogP contribution in [0.5, 0.6) is 0 Å². The number of ether oxygens (including phenoxy) is 4. The Labute approximate surface area is 295 Å². The van der Waals surface area contributed by atoms with Crippen LogP contribution in [0.4, 0.5) is 0 Å². The quantitative estimate of drug-likeness (QED) is 0.0848. The monoisotopic (exact) mass is 742 g/mol. The standard InChI is InChI=1S/C10H22O6.C10H18O2.2K.4O.Os/c1-2-3-10(15-6-8(13)4-11)16-7-9(14)5-12;1-4-7-10(11-8-5-2)12-9-6-3;;;;;;;/h8-14H,2-7H2,1H3;5-6,10H,2-4,7-9H2,1H3;;;;;;;. The fraction of sp³-hybridized carbons (Fsp3) is 0.800. The van der Waals surface area contributed by atoms with Crippen LogP contribution in [0.2, 0.25) is 0 Å². The van der Waals surface area contributed by atoms with Gasteiger partial charge in [0.25, 0.3) is 0 Å². The fourth-order valence-electron chi connectivity index (χ4n) is 1.79. The summed E-state index contributed by atoms with van der Waals surface area (Å²) in [4.78, 5) is 0. The van der Waals surface area contributed by atoms with Crippen molar-refractivity contribution >= 4 is 103 Å². The summed E-state index contributed by atoms with van der Waals surface area (Å²) in [7, 11) is 0. The van der Waals surface area contributed by atoms with Gasteiger partial charge in [0.05, 0.1) is 39.6 Å². The molecule has 0 aliphatic carbocycles. The van der Waals surface area contributed by atoms with E-state index in [-0.39, 0.29) is 135 Å². The van der Waals surface area contributed by atoms with Gasteiger partial charge in [-0.3, -0.25) is 0 Å². The van der Waals surface area contributed by atoms with Crippen LogP contribution >= 0.6 is 0 Å². The summed E-state index contributed by atoms with van der Waals surface area (Å²) >= 11 is -6.06. The van der Waals surface area contributed by atoms with Crippen molar-refractivity contribution in [3.05, 3.63) is 25.3 Å². The van der Waals surface area contributed by atoms with Gasteiger partial charge >= 0.3 is 29.0 Å². The van der Waals surface area contributed by atoms with Crippen LogP contribution < -0.4 is 0 Å². The molecule has 0 saturated heterocycles. The minimum absolute atomic E-state index is 0. The summed E-state index contributed by atoms with van der Waals surface area (Å²) in [5.41, 5.74) is 0. The molecule has 0 saturated carbocycles. The van der Waals surface area contributed by atoms with E-state index < -0.39 is 33.3 Å². The van der Waals surface area contributed by atoms with Crippen LogP contribution in [-0.2, 0) is 47.9 Å². The van der Waals surface area contributed by atoms with Crippen molar-refractivity contribution in [3.8, 4) is 0 Å². The van der Waals surface area contributed by atoms with E-state index in [2.05, 4.69) is 20.1 Å². The van der Waals surface area contributed by atoms with Gasteiger partial charge in [-0.15, -0.1) is 13.2 Å². The van der Waals surface area contributed by atoms with E-state index in [1.54, 1.807) is 12.2 Å². The zero-order valence-corrected chi connectivity index (χ0v) is 30.1. The second-order valence-corrected chi connectivity index (χ2v) is 8.91. The van der Waals surface area contributed by atoms with Crippen molar-refractivity contribution in [1.29, 1.82) is 0 Å². The van der Waals surface area contributed by atoms with Crippen molar-refractivity contribution in [2.24, 2.45) is 0 Å². The number of hydrogen-bond donors (Lipinski definition) is 4. The normalized spacial score (nSPS) is 12.9. The van der Waals surface area contributed by atoms with Crippen LogP contribution in [0.3, 0.4) is 0 Å². The van der Waals surface area contributed by atoms with E-state index in [1.807, 2.05) is 6.92 Å². The van der Waals surface area contributed by atoms with E-state index in [9.17, 15) is 0 Å². The molecule has 0 aliphatic rings. The fourth-order valence-corrected chi connectivity index (χ4v) is 1.79. The van der Waals surface area contributed by atoms with Gasteiger partial charge in [0.15, 0.2) is 12.6 Å². The van der Waals surface area contributed by atoms with Gasteiger partial charge in [0, 0.05) is 103 Å². The molecule has 2 unspecified atom stereocenters. The average molecular weight is 741 g/mol. The molecule has 0 rings (SSSR count). The summed E-state index contributed by atoms with van der Waals surface area (Å²) < 4.78 is 55.6. The van der Waals surface area contributed by atoms with Crippen LogP contribution in [0, 0.1) is 0 Å². The topological polar surface area (TPSA) is 186 Å². The van der Waals surface area contributed by atoms with Crippen LogP contribution in [-0.4, -0.2) is 188 Å². The minimum atomic E-state index is -6.06. The van der Waals surface area contributed by atoms with Gasteiger partial charge in [-0.1, -0.05) is 38.8 Å². The molecule has 4 N–H and O–H groups in total. The molecule has 15 heteroatoms. The maximum atomic E-state index is 9.08. The third-order valence-electron chi connectivity index (χ3n) is 3.22. The predicted molar refractivity (Wildman–Crippen MR) is 122 cm³/mol. The van der Waals surface area contributed by atoms with Crippen molar-refractivity contribution < 1.29 is 68.4 Å². The summed E-state index contributed by atoms with van der Waals surface area (Å²) in [6.45, 7) is 11.5. The van der Waals surface area contributed by atoms with E-state index in [0.717, 1.165) is 19.3 Å². The van der Waals surface area contributed by atoms with E-state index in [0.29, 0.717) is 19.6 Å². The Kier molecular flexibility index (Phi) is 46.1. The SMILES string of the molecule is C=CCOC(CCC)OCC=C.CCCC(OCC(O)CO)OCC(O)CO.[K].[K].[O]=[Os](=[O])(=[O])=[O]. The molecular weight excluding hydrogens is 701 g/mol. The molecule has 2 radical (unpaired) electrons. The average Bonchev–Trinajstić information content (AvgIpc) is 2.76. The molecule has 0 fully saturated rings. The summed E-state index contributed by atoms with van der Waals surface area (Å²) in [5.74, 6) is 0. The van der Waals surface area contributed by atoms with Crippen molar-refractivity contribution in [2.45, 2.75) is 64.3 Å². The summed E-state index contributed by atoms with van der Waals surface area (Å²) in [6, 6.07) is 0. The first kappa shape index (κ1) is 47.1. The summed E-state index contributed by atoms with van der Waals surface area (Å²) in [5, 5.41) is 35.3. The molecule has 202 valence electrons. The zero-order valence-electron chi connectivity index (χ0n) is 21.4. The number of rotatable bonds is 18. The van der Waals surface area contributed by atoms with Crippen molar-refractivity contribution in [2.75, 3.05) is 39.6 Å². The van der Waals surface area contributed by atoms with E-state index in [4.69, 9.17) is 53.5 Å². The third-order valence-corrected chi connectivity index (χ3v) is 3.22. The second-order valence-electron chi connectivity index (χ2n) is 6.37. The summed E-state index contributed by atoms with van der Waals surface area (Å²) in [6.07, 6.45) is 4.38. The Balaban J connectivity index is -0.000000140. The first-order valence-electron chi connectivity index (χ1n) is 10.3. The zero-order chi connectivity index (χ0) is 26.1. The molecule has 2 atom stereocenters. The Morgan fingerprint density at radius 1 is 0.714 bits per heavy atom. The molecule has 0 aliphatic heterocycles. The number of aliphatic hydroxyl groups excluding tert-OH is 4. The molecular formula is C20H40K2O12Os. The van der Waals surface area contributed by atoms with E-state index >= 15 is 0 Å². The maximum absolute atomic E-state index is 9.08. The van der Waals surface area contributed by atoms with E-state index in [1.165, 1.54) is 0 Å². The van der Waals surface area contributed by atoms with Gasteiger partial charge in [0.1, 0.15) is 12.2 Å². The van der Waals surface area contributed by atoms with Crippen molar-refractivity contribution in [3.63, 3.8) is 0 Å². The molecule has 12 nitrogen and oxygen atoms in total. The molecule has 0 bridgehead atoms. The molecule has 0 aromatic carbocycles. The van der Waals surface area contributed by atoms with Gasteiger partial charge in [-0.05, 0) is 12.8 Å². The molecule has 0 heterocycles. The van der Waals surface area contributed by atoms with Gasteiger partial charge in [0.2, 0.25) is 0 Å². The van der Waals surface area contributed by atoms with Gasteiger partial charge in [-0.25, -0.2) is 0 Å². The van der Waals surface area contributed by atoms with Crippen LogP contribution in [0.15, 0.2) is 25.3 Å². The molecule has 35 heavy (non-hydrogen) atoms. The second kappa shape index (κ2) is 34.3. The Morgan fingerprint density at radius 2 is 1.00 bits per heavy atom. The first-order valence-corrected chi connectivity index (χ1v) is 14.5. The predicted octanol–water partition coefficient (Wildman–Crippen LogP) is 0.131. The number of aliphatic hydroxyl groups is 4. The van der Waals surface area contributed by atoms with Crippen LogP contribution in [0.25, 0.3) is 0 Å².